The summed E-state index contributed by atoms with van der Waals surface area (Å²) in [7, 11) is 0. The highest BCUT2D eigenvalue weighted by atomic mass is 14.9. The van der Waals surface area contributed by atoms with Crippen molar-refractivity contribution in [1.29, 1.82) is 0 Å². The highest BCUT2D eigenvalue weighted by Crippen LogP contribution is 2.26. The summed E-state index contributed by atoms with van der Waals surface area (Å²) in [6.45, 7) is 5.40. The lowest BCUT2D eigenvalue weighted by atomic mass is 9.97. The second-order valence-corrected chi connectivity index (χ2v) is 4.39. The van der Waals surface area contributed by atoms with Crippen molar-refractivity contribution in [1.82, 2.24) is 15.3 Å². The van der Waals surface area contributed by atoms with Crippen molar-refractivity contribution >= 4 is 0 Å². The molecule has 94 valence electrons. The molecule has 0 radical (unpaired) electrons. The van der Waals surface area contributed by atoms with Gasteiger partial charge in [0.15, 0.2) is 0 Å². The Hall–Kier alpha value is -1.74. The van der Waals surface area contributed by atoms with Crippen LogP contribution in [0.4, 0.5) is 0 Å². The van der Waals surface area contributed by atoms with Crippen LogP contribution >= 0.6 is 0 Å². The number of benzene rings is 1. The Bertz CT molecular complexity index is 482. The van der Waals surface area contributed by atoms with Crippen molar-refractivity contribution < 1.29 is 0 Å². The minimum atomic E-state index is 0.335. The van der Waals surface area contributed by atoms with Crippen LogP contribution in [-0.2, 0) is 0 Å². The molecule has 1 unspecified atom stereocenters. The Kier molecular flexibility index (Phi) is 4.42. The average molecular weight is 241 g/mol. The minimum absolute atomic E-state index is 0.335. The van der Waals surface area contributed by atoms with Crippen molar-refractivity contribution in [2.24, 2.45) is 0 Å². The summed E-state index contributed by atoms with van der Waals surface area (Å²) in [5.74, 6) is 0. The number of nitrogens with one attached hydrogen (secondary N) is 1. The van der Waals surface area contributed by atoms with Crippen LogP contribution in [0, 0.1) is 0 Å². The maximum absolute atomic E-state index is 4.09. The van der Waals surface area contributed by atoms with E-state index in [4.69, 9.17) is 0 Å². The molecule has 0 saturated carbocycles. The average Bonchev–Trinajstić information content (AvgIpc) is 2.45. The van der Waals surface area contributed by atoms with Gasteiger partial charge in [0.1, 0.15) is 6.33 Å². The molecule has 1 atom stereocenters. The molecule has 0 spiro atoms. The summed E-state index contributed by atoms with van der Waals surface area (Å²) in [6, 6.07) is 8.75. The van der Waals surface area contributed by atoms with Crippen molar-refractivity contribution in [3.8, 4) is 11.1 Å². The van der Waals surface area contributed by atoms with Gasteiger partial charge in [0, 0.05) is 24.0 Å². The lowest BCUT2D eigenvalue weighted by molar-refractivity contribution is 0.571. The van der Waals surface area contributed by atoms with Crippen molar-refractivity contribution in [2.45, 2.75) is 26.3 Å². The summed E-state index contributed by atoms with van der Waals surface area (Å²) >= 11 is 0. The van der Waals surface area contributed by atoms with Gasteiger partial charge in [-0.1, -0.05) is 31.2 Å². The first-order valence-electron chi connectivity index (χ1n) is 6.40. The molecule has 1 aromatic heterocycles. The molecular weight excluding hydrogens is 222 g/mol. The van der Waals surface area contributed by atoms with Gasteiger partial charge in [-0.3, -0.25) is 0 Å². The first-order chi connectivity index (χ1) is 8.83. The molecule has 0 aliphatic heterocycles. The summed E-state index contributed by atoms with van der Waals surface area (Å²) < 4.78 is 0. The van der Waals surface area contributed by atoms with Crippen LogP contribution in [0.1, 0.15) is 31.9 Å². The van der Waals surface area contributed by atoms with Gasteiger partial charge in [0.25, 0.3) is 0 Å². The number of hydrogen-bond acceptors (Lipinski definition) is 3. The number of hydrogen-bond donors (Lipinski definition) is 1. The monoisotopic (exact) mass is 241 g/mol. The van der Waals surface area contributed by atoms with Gasteiger partial charge in [-0.25, -0.2) is 9.97 Å². The first kappa shape index (κ1) is 12.7. The third kappa shape index (κ3) is 2.93. The maximum atomic E-state index is 4.09. The number of nitrogens with zero attached hydrogens (tertiary/aromatic N) is 2. The van der Waals surface area contributed by atoms with E-state index in [1.807, 2.05) is 12.4 Å². The Labute approximate surface area is 108 Å². The van der Waals surface area contributed by atoms with E-state index in [1.54, 1.807) is 6.33 Å². The largest absolute Gasteiger partial charge is 0.310 e. The molecule has 0 amide bonds. The fraction of sp³-hybridized carbons (Fsp3) is 0.333. The second kappa shape index (κ2) is 6.26. The highest BCUT2D eigenvalue weighted by molar-refractivity contribution is 5.66. The van der Waals surface area contributed by atoms with E-state index in [1.165, 1.54) is 11.1 Å². The summed E-state index contributed by atoms with van der Waals surface area (Å²) in [5, 5.41) is 3.52. The van der Waals surface area contributed by atoms with E-state index in [2.05, 4.69) is 53.4 Å². The van der Waals surface area contributed by atoms with Crippen molar-refractivity contribution in [3.63, 3.8) is 0 Å². The predicted octanol–water partition coefficient (Wildman–Crippen LogP) is 3.20. The van der Waals surface area contributed by atoms with Gasteiger partial charge >= 0.3 is 0 Å². The zero-order chi connectivity index (χ0) is 12.8. The number of rotatable bonds is 5. The molecule has 0 fully saturated rings. The van der Waals surface area contributed by atoms with Crippen LogP contribution in [0.3, 0.4) is 0 Å². The van der Waals surface area contributed by atoms with Gasteiger partial charge in [0.2, 0.25) is 0 Å². The second-order valence-electron chi connectivity index (χ2n) is 4.39. The Morgan fingerprint density at radius 2 is 1.89 bits per heavy atom. The molecule has 3 nitrogen and oxygen atoms in total. The standard InChI is InChI=1S/C15H19N3/c1-3-8-18-12(2)14-6-4-5-7-15(14)13-9-16-11-17-10-13/h4-7,9-12,18H,3,8H2,1-2H3. The Morgan fingerprint density at radius 3 is 2.61 bits per heavy atom. The molecule has 3 heteroatoms. The topological polar surface area (TPSA) is 37.8 Å². The fourth-order valence-electron chi connectivity index (χ4n) is 2.05. The Morgan fingerprint density at radius 1 is 1.17 bits per heavy atom. The van der Waals surface area contributed by atoms with Crippen molar-refractivity contribution in [3.05, 3.63) is 48.5 Å². The normalized spacial score (nSPS) is 12.3. The predicted molar refractivity (Wildman–Crippen MR) is 74.2 cm³/mol. The summed E-state index contributed by atoms with van der Waals surface area (Å²) in [4.78, 5) is 8.18. The van der Waals surface area contributed by atoms with E-state index in [0.717, 1.165) is 18.5 Å². The van der Waals surface area contributed by atoms with E-state index in [0.29, 0.717) is 6.04 Å². The molecule has 0 saturated heterocycles. The van der Waals surface area contributed by atoms with E-state index in [-0.39, 0.29) is 0 Å². The van der Waals surface area contributed by atoms with Gasteiger partial charge in [-0.2, -0.15) is 0 Å². The number of aromatic nitrogens is 2. The minimum Gasteiger partial charge on any atom is -0.310 e. The fourth-order valence-corrected chi connectivity index (χ4v) is 2.05. The summed E-state index contributed by atoms with van der Waals surface area (Å²) in [6.07, 6.45) is 6.42. The molecular formula is C15H19N3. The third-order valence-corrected chi connectivity index (χ3v) is 3.00. The lowest BCUT2D eigenvalue weighted by Crippen LogP contribution is -2.19. The molecule has 18 heavy (non-hydrogen) atoms. The van der Waals surface area contributed by atoms with Gasteiger partial charge in [0.05, 0.1) is 0 Å². The highest BCUT2D eigenvalue weighted by Gasteiger charge is 2.10. The van der Waals surface area contributed by atoms with Crippen LogP contribution in [0.25, 0.3) is 11.1 Å². The molecule has 2 rings (SSSR count). The van der Waals surface area contributed by atoms with Crippen LogP contribution in [-0.4, -0.2) is 16.5 Å². The van der Waals surface area contributed by atoms with Crippen LogP contribution in [0.5, 0.6) is 0 Å². The smallest absolute Gasteiger partial charge is 0.115 e. The lowest BCUT2D eigenvalue weighted by Gasteiger charge is -2.17. The van der Waals surface area contributed by atoms with Crippen LogP contribution < -0.4 is 5.32 Å². The molecule has 1 aromatic carbocycles. The van der Waals surface area contributed by atoms with Crippen molar-refractivity contribution in [2.75, 3.05) is 6.54 Å². The Balaban J connectivity index is 2.31. The van der Waals surface area contributed by atoms with Gasteiger partial charge < -0.3 is 5.32 Å². The summed E-state index contributed by atoms with van der Waals surface area (Å²) in [5.41, 5.74) is 3.56. The third-order valence-electron chi connectivity index (χ3n) is 3.00. The molecule has 0 aliphatic carbocycles. The molecule has 1 N–H and O–H groups in total. The van der Waals surface area contributed by atoms with E-state index < -0.39 is 0 Å². The van der Waals surface area contributed by atoms with Crippen LogP contribution in [0.2, 0.25) is 0 Å². The molecule has 0 aliphatic rings. The van der Waals surface area contributed by atoms with Gasteiger partial charge in [-0.15, -0.1) is 0 Å². The van der Waals surface area contributed by atoms with Gasteiger partial charge in [-0.05, 0) is 31.0 Å². The SMILES string of the molecule is CCCNC(C)c1ccccc1-c1cncnc1. The van der Waals surface area contributed by atoms with E-state index >= 15 is 0 Å². The molecule has 0 bridgehead atoms. The first-order valence-corrected chi connectivity index (χ1v) is 6.40. The maximum Gasteiger partial charge on any atom is 0.115 e. The molecule has 2 aromatic rings. The van der Waals surface area contributed by atoms with Crippen LogP contribution in [0.15, 0.2) is 43.0 Å². The van der Waals surface area contributed by atoms with E-state index in [9.17, 15) is 0 Å². The molecule has 1 heterocycles. The zero-order valence-corrected chi connectivity index (χ0v) is 10.9. The quantitative estimate of drug-likeness (QED) is 0.873. The zero-order valence-electron chi connectivity index (χ0n) is 10.9.